The van der Waals surface area contributed by atoms with Gasteiger partial charge in [0.1, 0.15) is 5.82 Å². The lowest BCUT2D eigenvalue weighted by Crippen LogP contribution is -2.38. The van der Waals surface area contributed by atoms with Gasteiger partial charge in [0.05, 0.1) is 19.4 Å². The van der Waals surface area contributed by atoms with Crippen LogP contribution in [0.3, 0.4) is 0 Å². The molecule has 3 aromatic rings. The minimum Gasteiger partial charge on any atom is -0.399 e. The molecule has 1 aromatic heterocycles. The van der Waals surface area contributed by atoms with Crippen molar-refractivity contribution in [2.75, 3.05) is 48.4 Å². The molecule has 31 heavy (non-hydrogen) atoms. The molecule has 0 atom stereocenters. The van der Waals surface area contributed by atoms with Gasteiger partial charge in [-0.2, -0.15) is 0 Å². The Morgan fingerprint density at radius 1 is 0.903 bits per heavy atom. The first-order valence-corrected chi connectivity index (χ1v) is 11.1. The smallest absolute Gasteiger partial charge is 0.147 e. The zero-order valence-electron chi connectivity index (χ0n) is 18.4. The lowest BCUT2D eigenvalue weighted by atomic mass is 9.92. The average Bonchev–Trinajstić information content (AvgIpc) is 2.86. The van der Waals surface area contributed by atoms with E-state index in [4.69, 9.17) is 10.5 Å². The van der Waals surface area contributed by atoms with Gasteiger partial charge in [-0.15, -0.1) is 0 Å². The molecule has 162 valence electrons. The molecule has 0 bridgehead atoms. The highest BCUT2D eigenvalue weighted by molar-refractivity contribution is 5.74. The summed E-state index contributed by atoms with van der Waals surface area (Å²) in [6.45, 7) is 9.23. The summed E-state index contributed by atoms with van der Waals surface area (Å²) >= 11 is 0. The number of morpholine rings is 1. The first kappa shape index (κ1) is 21.1. The molecule has 0 radical (unpaired) electrons. The molecule has 6 heteroatoms. The van der Waals surface area contributed by atoms with Crippen LogP contribution < -0.4 is 15.5 Å². The Morgan fingerprint density at radius 2 is 1.68 bits per heavy atom. The first-order valence-electron chi connectivity index (χ1n) is 11.1. The molecule has 1 fully saturated rings. The van der Waals surface area contributed by atoms with Crippen molar-refractivity contribution in [1.29, 1.82) is 0 Å². The molecule has 2 aliphatic rings. The van der Waals surface area contributed by atoms with Gasteiger partial charge < -0.3 is 20.3 Å². The number of hydrogen-bond acceptors (Lipinski definition) is 6. The van der Waals surface area contributed by atoms with Crippen LogP contribution in [0, 0.1) is 0 Å². The molecular formula is C25H31N5O. The number of nitrogens with zero attached hydrogens (tertiary/aromatic N) is 4. The number of fused-ring (bicyclic) bond motifs is 1. The summed E-state index contributed by atoms with van der Waals surface area (Å²) in [5.41, 5.74) is 13.3. The molecule has 2 aliphatic heterocycles. The number of aromatic nitrogens is 2. The van der Waals surface area contributed by atoms with Crippen molar-refractivity contribution >= 4 is 17.2 Å². The van der Waals surface area contributed by atoms with E-state index in [2.05, 4.69) is 44.0 Å². The van der Waals surface area contributed by atoms with Crippen LogP contribution in [0.25, 0.3) is 11.1 Å². The first-order chi connectivity index (χ1) is 15.3. The Morgan fingerprint density at radius 3 is 2.39 bits per heavy atom. The molecule has 0 aliphatic carbocycles. The van der Waals surface area contributed by atoms with Crippen LogP contribution >= 0.6 is 0 Å². The van der Waals surface area contributed by atoms with Crippen LogP contribution in [0.15, 0.2) is 55.0 Å². The summed E-state index contributed by atoms with van der Waals surface area (Å²) in [5.74, 6) is 0.934. The van der Waals surface area contributed by atoms with E-state index >= 15 is 0 Å². The van der Waals surface area contributed by atoms with Crippen LogP contribution in [0.5, 0.6) is 0 Å². The number of ether oxygens (including phenoxy) is 1. The van der Waals surface area contributed by atoms with Crippen molar-refractivity contribution in [3.63, 3.8) is 0 Å². The third-order valence-electron chi connectivity index (χ3n) is 5.78. The Hall–Kier alpha value is -3.12. The Kier molecular flexibility index (Phi) is 6.67. The monoisotopic (exact) mass is 417 g/mol. The van der Waals surface area contributed by atoms with Crippen LogP contribution in [0.4, 0.5) is 17.2 Å². The van der Waals surface area contributed by atoms with Gasteiger partial charge in [0.15, 0.2) is 0 Å². The third kappa shape index (κ3) is 4.64. The van der Waals surface area contributed by atoms with Crippen LogP contribution in [-0.2, 0) is 17.7 Å². The topological polar surface area (TPSA) is 67.5 Å². The van der Waals surface area contributed by atoms with Gasteiger partial charge >= 0.3 is 0 Å². The fraction of sp³-hybridized carbons (Fsp3) is 0.360. The van der Waals surface area contributed by atoms with E-state index < -0.39 is 0 Å². The molecule has 2 N–H and O–H groups in total. The van der Waals surface area contributed by atoms with Crippen molar-refractivity contribution in [2.45, 2.75) is 26.8 Å². The second-order valence-electron chi connectivity index (χ2n) is 7.59. The minimum atomic E-state index is 0.784. The van der Waals surface area contributed by atoms with Crippen molar-refractivity contribution in [3.8, 4) is 11.1 Å². The summed E-state index contributed by atoms with van der Waals surface area (Å²) < 4.78 is 5.59. The van der Waals surface area contributed by atoms with E-state index in [9.17, 15) is 0 Å². The summed E-state index contributed by atoms with van der Waals surface area (Å²) in [4.78, 5) is 13.5. The maximum atomic E-state index is 5.90. The normalized spacial score (nSPS) is 15.7. The molecule has 3 heterocycles. The fourth-order valence-corrected chi connectivity index (χ4v) is 4.26. The van der Waals surface area contributed by atoms with Gasteiger partial charge in [-0.3, -0.25) is 4.98 Å². The molecule has 5 rings (SSSR count). The zero-order chi connectivity index (χ0) is 21.6. The summed E-state index contributed by atoms with van der Waals surface area (Å²) in [6.07, 6.45) is 6.32. The molecule has 0 spiro atoms. The van der Waals surface area contributed by atoms with E-state index in [1.54, 1.807) is 12.4 Å². The Balaban J connectivity index is 0.00000112. The van der Waals surface area contributed by atoms with Crippen LogP contribution in [0.1, 0.15) is 25.0 Å². The lowest BCUT2D eigenvalue weighted by molar-refractivity contribution is 0.122. The molecule has 1 saturated heterocycles. The zero-order valence-corrected chi connectivity index (χ0v) is 18.4. The Labute approximate surface area is 184 Å². The quantitative estimate of drug-likeness (QED) is 0.646. The largest absolute Gasteiger partial charge is 0.399 e. The maximum absolute atomic E-state index is 5.90. The predicted molar refractivity (Wildman–Crippen MR) is 127 cm³/mol. The number of benzene rings is 2. The van der Waals surface area contributed by atoms with Gasteiger partial charge in [-0.05, 0) is 52.9 Å². The number of nitrogen functional groups attached to an aromatic ring is 1. The minimum absolute atomic E-state index is 0.784. The number of nitrogens with two attached hydrogens (primary N) is 1. The van der Waals surface area contributed by atoms with Gasteiger partial charge in [0, 0.05) is 49.9 Å². The van der Waals surface area contributed by atoms with Gasteiger partial charge in [0.2, 0.25) is 0 Å². The molecule has 2 aromatic carbocycles. The van der Waals surface area contributed by atoms with Gasteiger partial charge in [-0.25, -0.2) is 4.98 Å². The number of hydrogen-bond donors (Lipinski definition) is 1. The molecular weight excluding hydrogens is 386 g/mol. The van der Waals surface area contributed by atoms with E-state index in [-0.39, 0.29) is 0 Å². The standard InChI is InChI=1S/C23H25N5O.C2H6/c24-20-3-1-17(2-4-20)18-13-19-16-28(23-15-25-6-7-26-23)8-5-21(19)22(14-18)27-9-11-29-12-10-27;1-2/h1-4,6-7,13-15H,5,8-12,16,24H2;1-2H3. The average molecular weight is 418 g/mol. The third-order valence-corrected chi connectivity index (χ3v) is 5.78. The molecule has 0 saturated carbocycles. The highest BCUT2D eigenvalue weighted by atomic mass is 16.5. The van der Waals surface area contributed by atoms with E-state index in [1.165, 1.54) is 27.9 Å². The summed E-state index contributed by atoms with van der Waals surface area (Å²) in [5, 5.41) is 0. The van der Waals surface area contributed by atoms with Gasteiger partial charge in [-0.1, -0.05) is 26.0 Å². The Bertz CT molecular complexity index is 985. The second kappa shape index (κ2) is 9.79. The fourth-order valence-electron chi connectivity index (χ4n) is 4.26. The predicted octanol–water partition coefficient (Wildman–Crippen LogP) is 4.15. The van der Waals surface area contributed by atoms with Crippen molar-refractivity contribution in [2.24, 2.45) is 0 Å². The van der Waals surface area contributed by atoms with Crippen LogP contribution in [0.2, 0.25) is 0 Å². The number of anilines is 3. The van der Waals surface area contributed by atoms with E-state index in [0.717, 1.165) is 57.3 Å². The van der Waals surface area contributed by atoms with E-state index in [1.807, 2.05) is 32.2 Å². The van der Waals surface area contributed by atoms with Crippen molar-refractivity contribution in [1.82, 2.24) is 9.97 Å². The second-order valence-corrected chi connectivity index (χ2v) is 7.59. The highest BCUT2D eigenvalue weighted by Crippen LogP contribution is 2.36. The SMILES string of the molecule is CC.Nc1ccc(-c2cc3c(c(N4CCOCC4)c2)CCN(c2cnccn2)C3)cc1. The molecule has 6 nitrogen and oxygen atoms in total. The van der Waals surface area contributed by atoms with E-state index in [0.29, 0.717) is 0 Å². The van der Waals surface area contributed by atoms with Crippen molar-refractivity contribution < 1.29 is 4.74 Å². The lowest BCUT2D eigenvalue weighted by Gasteiger charge is -2.36. The highest BCUT2D eigenvalue weighted by Gasteiger charge is 2.24. The van der Waals surface area contributed by atoms with Gasteiger partial charge in [0.25, 0.3) is 0 Å². The van der Waals surface area contributed by atoms with Crippen molar-refractivity contribution in [3.05, 3.63) is 66.1 Å². The maximum Gasteiger partial charge on any atom is 0.147 e. The number of rotatable bonds is 3. The van der Waals surface area contributed by atoms with Crippen LogP contribution in [-0.4, -0.2) is 42.8 Å². The molecule has 0 amide bonds. The summed E-state index contributed by atoms with van der Waals surface area (Å²) in [7, 11) is 0. The summed E-state index contributed by atoms with van der Waals surface area (Å²) in [6, 6.07) is 12.8. The molecule has 0 unspecified atom stereocenters.